The minimum atomic E-state index is -0.0626. The van der Waals surface area contributed by atoms with Crippen LogP contribution in [-0.2, 0) is 11.3 Å². The standard InChI is InChI=1S/C24H28N4O4/c1-16-6-4-5-7-19(16)23-26-22(32-27-23)15-28-12-10-17(11-13-28)24(29)25-20-14-18(30-2)8-9-21(20)31-3/h4-9,14,17H,10-13,15H2,1-3H3,(H,25,29). The summed E-state index contributed by atoms with van der Waals surface area (Å²) in [6.45, 7) is 4.18. The summed E-state index contributed by atoms with van der Waals surface area (Å²) in [6.07, 6.45) is 1.52. The van der Waals surface area contributed by atoms with Crippen molar-refractivity contribution >= 4 is 11.6 Å². The van der Waals surface area contributed by atoms with Crippen molar-refractivity contribution in [2.75, 3.05) is 32.6 Å². The van der Waals surface area contributed by atoms with E-state index in [1.807, 2.05) is 31.2 Å². The molecule has 0 unspecified atom stereocenters. The van der Waals surface area contributed by atoms with Crippen LogP contribution in [0.1, 0.15) is 24.3 Å². The van der Waals surface area contributed by atoms with Crippen molar-refractivity contribution < 1.29 is 18.8 Å². The van der Waals surface area contributed by atoms with Crippen LogP contribution in [0.2, 0.25) is 0 Å². The fourth-order valence-electron chi connectivity index (χ4n) is 3.94. The van der Waals surface area contributed by atoms with E-state index in [-0.39, 0.29) is 11.8 Å². The molecule has 8 heteroatoms. The third kappa shape index (κ3) is 4.91. The van der Waals surface area contributed by atoms with Crippen molar-refractivity contribution in [3.63, 3.8) is 0 Å². The molecular formula is C24H28N4O4. The minimum Gasteiger partial charge on any atom is -0.497 e. The van der Waals surface area contributed by atoms with Crippen LogP contribution in [0.25, 0.3) is 11.4 Å². The molecule has 0 saturated carbocycles. The Balaban J connectivity index is 1.32. The van der Waals surface area contributed by atoms with Crippen molar-refractivity contribution in [3.05, 3.63) is 53.9 Å². The summed E-state index contributed by atoms with van der Waals surface area (Å²) in [5.74, 6) is 2.41. The molecule has 1 N–H and O–H groups in total. The molecule has 0 aliphatic carbocycles. The number of anilines is 1. The fourth-order valence-corrected chi connectivity index (χ4v) is 3.94. The number of aromatic nitrogens is 2. The summed E-state index contributed by atoms with van der Waals surface area (Å²) in [7, 11) is 3.18. The number of hydrogen-bond donors (Lipinski definition) is 1. The van der Waals surface area contributed by atoms with Crippen LogP contribution in [-0.4, -0.2) is 48.3 Å². The minimum absolute atomic E-state index is 0.00386. The molecule has 1 amide bonds. The van der Waals surface area contributed by atoms with Gasteiger partial charge in [0.25, 0.3) is 0 Å². The van der Waals surface area contributed by atoms with Crippen molar-refractivity contribution in [2.24, 2.45) is 5.92 Å². The highest BCUT2D eigenvalue weighted by Gasteiger charge is 2.27. The first-order valence-corrected chi connectivity index (χ1v) is 10.7. The van der Waals surface area contributed by atoms with Crippen LogP contribution >= 0.6 is 0 Å². The Bertz CT molecular complexity index is 1070. The zero-order valence-electron chi connectivity index (χ0n) is 18.6. The van der Waals surface area contributed by atoms with E-state index < -0.39 is 0 Å². The summed E-state index contributed by atoms with van der Waals surface area (Å²) in [5.41, 5.74) is 2.71. The van der Waals surface area contributed by atoms with Gasteiger partial charge in [0, 0.05) is 17.5 Å². The van der Waals surface area contributed by atoms with Crippen LogP contribution in [0.15, 0.2) is 47.0 Å². The van der Waals surface area contributed by atoms with Crippen LogP contribution in [0.5, 0.6) is 11.5 Å². The van der Waals surface area contributed by atoms with Gasteiger partial charge >= 0.3 is 0 Å². The van der Waals surface area contributed by atoms with Crippen molar-refractivity contribution in [3.8, 4) is 22.9 Å². The number of aryl methyl sites for hydroxylation is 1. The van der Waals surface area contributed by atoms with Gasteiger partial charge in [0.1, 0.15) is 11.5 Å². The predicted molar refractivity (Wildman–Crippen MR) is 121 cm³/mol. The van der Waals surface area contributed by atoms with Gasteiger partial charge in [-0.1, -0.05) is 29.4 Å². The number of ether oxygens (including phenoxy) is 2. The molecule has 1 aliphatic rings. The molecule has 0 bridgehead atoms. The number of nitrogens with zero attached hydrogens (tertiary/aromatic N) is 3. The van der Waals surface area contributed by atoms with Gasteiger partial charge in [-0.3, -0.25) is 9.69 Å². The van der Waals surface area contributed by atoms with E-state index in [0.717, 1.165) is 37.1 Å². The maximum Gasteiger partial charge on any atom is 0.241 e. The van der Waals surface area contributed by atoms with Crippen LogP contribution < -0.4 is 14.8 Å². The molecule has 3 aromatic rings. The van der Waals surface area contributed by atoms with E-state index in [4.69, 9.17) is 14.0 Å². The number of carbonyl (C=O) groups excluding carboxylic acids is 1. The summed E-state index contributed by atoms with van der Waals surface area (Å²) in [4.78, 5) is 19.6. The van der Waals surface area contributed by atoms with E-state index in [0.29, 0.717) is 35.4 Å². The third-order valence-electron chi connectivity index (χ3n) is 5.84. The third-order valence-corrected chi connectivity index (χ3v) is 5.84. The summed E-state index contributed by atoms with van der Waals surface area (Å²) >= 11 is 0. The van der Waals surface area contributed by atoms with Crippen molar-refractivity contribution in [1.82, 2.24) is 15.0 Å². The van der Waals surface area contributed by atoms with Gasteiger partial charge in [-0.05, 0) is 50.6 Å². The second-order valence-corrected chi connectivity index (χ2v) is 7.93. The smallest absolute Gasteiger partial charge is 0.241 e. The van der Waals surface area contributed by atoms with Crippen molar-refractivity contribution in [1.29, 1.82) is 0 Å². The topological polar surface area (TPSA) is 89.7 Å². The zero-order valence-corrected chi connectivity index (χ0v) is 18.6. The van der Waals surface area contributed by atoms with E-state index >= 15 is 0 Å². The second-order valence-electron chi connectivity index (χ2n) is 7.93. The lowest BCUT2D eigenvalue weighted by molar-refractivity contribution is -0.121. The lowest BCUT2D eigenvalue weighted by Gasteiger charge is -2.30. The number of nitrogens with one attached hydrogen (secondary N) is 1. The maximum absolute atomic E-state index is 12.8. The first kappa shape index (κ1) is 21.8. The summed E-state index contributed by atoms with van der Waals surface area (Å²) < 4.78 is 16.1. The molecule has 0 spiro atoms. The van der Waals surface area contributed by atoms with Gasteiger partial charge in [0.2, 0.25) is 17.6 Å². The zero-order chi connectivity index (χ0) is 22.5. The van der Waals surface area contributed by atoms with Crippen LogP contribution in [0, 0.1) is 12.8 Å². The molecule has 2 aromatic carbocycles. The molecule has 0 radical (unpaired) electrons. The van der Waals surface area contributed by atoms with Crippen LogP contribution in [0.4, 0.5) is 5.69 Å². The first-order chi connectivity index (χ1) is 15.6. The number of methoxy groups -OCH3 is 2. The fraction of sp³-hybridized carbons (Fsp3) is 0.375. The lowest BCUT2D eigenvalue weighted by atomic mass is 9.95. The molecule has 0 atom stereocenters. The highest BCUT2D eigenvalue weighted by molar-refractivity contribution is 5.94. The van der Waals surface area contributed by atoms with E-state index in [1.165, 1.54) is 0 Å². The number of benzene rings is 2. The molecule has 1 aliphatic heterocycles. The highest BCUT2D eigenvalue weighted by Crippen LogP contribution is 2.30. The van der Waals surface area contributed by atoms with E-state index in [1.54, 1.807) is 32.4 Å². The Kier molecular flexibility index (Phi) is 6.70. The van der Waals surface area contributed by atoms with E-state index in [9.17, 15) is 4.79 Å². The average Bonchev–Trinajstić information content (AvgIpc) is 3.28. The van der Waals surface area contributed by atoms with Gasteiger partial charge in [0.15, 0.2) is 0 Å². The molecule has 168 valence electrons. The van der Waals surface area contributed by atoms with Gasteiger partial charge in [-0.25, -0.2) is 0 Å². The quantitative estimate of drug-likeness (QED) is 0.600. The molecule has 1 aromatic heterocycles. The van der Waals surface area contributed by atoms with E-state index in [2.05, 4.69) is 20.4 Å². The largest absolute Gasteiger partial charge is 0.497 e. The Hall–Kier alpha value is -3.39. The summed E-state index contributed by atoms with van der Waals surface area (Å²) in [5, 5.41) is 7.13. The SMILES string of the molecule is COc1ccc(OC)c(NC(=O)C2CCN(Cc3nc(-c4ccccc4C)no3)CC2)c1. The van der Waals surface area contributed by atoms with Gasteiger partial charge < -0.3 is 19.3 Å². The van der Waals surface area contributed by atoms with Gasteiger partial charge in [-0.2, -0.15) is 4.98 Å². The number of rotatable bonds is 7. The molecule has 2 heterocycles. The van der Waals surface area contributed by atoms with Crippen molar-refractivity contribution in [2.45, 2.75) is 26.3 Å². The molecule has 32 heavy (non-hydrogen) atoms. The van der Waals surface area contributed by atoms with Gasteiger partial charge in [0.05, 0.1) is 26.5 Å². The number of carbonyl (C=O) groups is 1. The summed E-state index contributed by atoms with van der Waals surface area (Å²) in [6, 6.07) is 13.3. The number of hydrogen-bond acceptors (Lipinski definition) is 7. The Morgan fingerprint density at radius 2 is 1.94 bits per heavy atom. The molecular weight excluding hydrogens is 408 g/mol. The van der Waals surface area contributed by atoms with Gasteiger partial charge in [-0.15, -0.1) is 0 Å². The maximum atomic E-state index is 12.8. The normalized spacial score (nSPS) is 14.8. The molecule has 1 fully saturated rings. The monoisotopic (exact) mass is 436 g/mol. The number of piperidine rings is 1. The molecule has 1 saturated heterocycles. The average molecular weight is 437 g/mol. The second kappa shape index (κ2) is 9.82. The Morgan fingerprint density at radius 1 is 1.16 bits per heavy atom. The van der Waals surface area contributed by atoms with Crippen LogP contribution in [0.3, 0.4) is 0 Å². The molecule has 8 nitrogen and oxygen atoms in total. The Labute approximate surface area is 187 Å². The first-order valence-electron chi connectivity index (χ1n) is 10.7. The molecule has 4 rings (SSSR count). The highest BCUT2D eigenvalue weighted by atomic mass is 16.5. The predicted octanol–water partition coefficient (Wildman–Crippen LogP) is 3.91. The lowest BCUT2D eigenvalue weighted by Crippen LogP contribution is -2.37. The number of amides is 1. The number of likely N-dealkylation sites (tertiary alicyclic amines) is 1. The Morgan fingerprint density at radius 3 is 2.66 bits per heavy atom.